The summed E-state index contributed by atoms with van der Waals surface area (Å²) in [4.78, 5) is 40.6. The molecule has 0 bridgehead atoms. The van der Waals surface area contributed by atoms with Crippen molar-refractivity contribution >= 4 is 23.3 Å². The highest BCUT2D eigenvalue weighted by Crippen LogP contribution is 2.35. The molecule has 26 heavy (non-hydrogen) atoms. The van der Waals surface area contributed by atoms with Crippen LogP contribution in [0.1, 0.15) is 39.5 Å². The Bertz CT molecular complexity index is 636. The van der Waals surface area contributed by atoms with Crippen LogP contribution in [0.2, 0.25) is 0 Å². The Labute approximate surface area is 155 Å². The first-order valence-corrected chi connectivity index (χ1v) is 9.13. The van der Waals surface area contributed by atoms with E-state index in [-0.39, 0.29) is 17.7 Å². The summed E-state index contributed by atoms with van der Waals surface area (Å²) in [5.41, 5.74) is -0.294. The van der Waals surface area contributed by atoms with Crippen LogP contribution in [0.4, 0.5) is 5.69 Å². The normalized spacial score (nSPS) is 16.7. The molecule has 142 valence electrons. The monoisotopic (exact) mass is 360 g/mol. The van der Waals surface area contributed by atoms with Gasteiger partial charge < -0.3 is 9.64 Å². The molecular formula is C20H28N2O4. The van der Waals surface area contributed by atoms with Gasteiger partial charge in [0.15, 0.2) is 0 Å². The summed E-state index contributed by atoms with van der Waals surface area (Å²) in [7, 11) is 1.37. The number of ether oxygens (including phenoxy) is 1. The van der Waals surface area contributed by atoms with Crippen molar-refractivity contribution in [1.82, 2.24) is 4.90 Å². The molecule has 1 aromatic carbocycles. The van der Waals surface area contributed by atoms with E-state index in [1.807, 2.05) is 30.3 Å². The maximum Gasteiger partial charge on any atom is 0.332 e. The molecule has 1 fully saturated rings. The first kappa shape index (κ1) is 20.1. The minimum atomic E-state index is -1.00. The van der Waals surface area contributed by atoms with Crippen molar-refractivity contribution in [2.75, 3.05) is 31.6 Å². The predicted molar refractivity (Wildman–Crippen MR) is 99.9 cm³/mol. The van der Waals surface area contributed by atoms with Gasteiger partial charge in [0.25, 0.3) is 0 Å². The second-order valence-electron chi connectivity index (χ2n) is 6.74. The number of benzene rings is 1. The number of piperidine rings is 1. The quantitative estimate of drug-likeness (QED) is 0.699. The number of methoxy groups -OCH3 is 1. The largest absolute Gasteiger partial charge is 0.467 e. The molecule has 0 spiro atoms. The number of hydrogen-bond donors (Lipinski definition) is 0. The van der Waals surface area contributed by atoms with Crippen LogP contribution >= 0.6 is 0 Å². The lowest BCUT2D eigenvalue weighted by molar-refractivity contribution is -0.151. The Hall–Kier alpha value is -2.21. The molecule has 0 saturated carbocycles. The minimum absolute atomic E-state index is 0.0983. The summed E-state index contributed by atoms with van der Waals surface area (Å²) >= 11 is 0. The topological polar surface area (TPSA) is 66.9 Å². The lowest BCUT2D eigenvalue weighted by Gasteiger charge is -2.46. The summed E-state index contributed by atoms with van der Waals surface area (Å²) < 4.78 is 5.12. The summed E-state index contributed by atoms with van der Waals surface area (Å²) in [6.07, 6.45) is 1.78. The number of hydrogen-bond acceptors (Lipinski definition) is 5. The molecule has 0 aromatic heterocycles. The lowest BCUT2D eigenvalue weighted by Crippen LogP contribution is -2.62. The van der Waals surface area contributed by atoms with Gasteiger partial charge in [-0.3, -0.25) is 14.5 Å². The molecule has 1 saturated heterocycles. The molecular weight excluding hydrogens is 332 g/mol. The zero-order chi connectivity index (χ0) is 19.2. The van der Waals surface area contributed by atoms with Crippen molar-refractivity contribution in [3.63, 3.8) is 0 Å². The van der Waals surface area contributed by atoms with Crippen LogP contribution in [0.3, 0.4) is 0 Å². The predicted octanol–water partition coefficient (Wildman–Crippen LogP) is 2.42. The number of carbonyl (C=O) groups excluding carboxylic acids is 3. The van der Waals surface area contributed by atoms with Gasteiger partial charge in [0.05, 0.1) is 7.11 Å². The molecule has 0 N–H and O–H groups in total. The summed E-state index contributed by atoms with van der Waals surface area (Å²) in [6.45, 7) is 5.34. The Kier molecular flexibility index (Phi) is 6.91. The number of esters is 1. The molecule has 6 heteroatoms. The standard InChI is InChI=1S/C20H28N2O4/c1-4-18(24)22(17-8-6-5-7-9-17)20(19(25)26-3)11-14-21(15-12-20)13-10-16(2)23/h5-9H,4,10-15H2,1-3H3. The summed E-state index contributed by atoms with van der Waals surface area (Å²) in [5.74, 6) is -0.324. The van der Waals surface area contributed by atoms with E-state index in [1.165, 1.54) is 7.11 Å². The number of likely N-dealkylation sites (tertiary alicyclic amines) is 1. The van der Waals surface area contributed by atoms with Crippen molar-refractivity contribution in [2.24, 2.45) is 0 Å². The first-order chi connectivity index (χ1) is 12.4. The van der Waals surface area contributed by atoms with Crippen LogP contribution in [0.5, 0.6) is 0 Å². The highest BCUT2D eigenvalue weighted by molar-refractivity contribution is 6.02. The Balaban J connectivity index is 2.32. The van der Waals surface area contributed by atoms with E-state index >= 15 is 0 Å². The summed E-state index contributed by atoms with van der Waals surface area (Å²) in [6, 6.07) is 9.30. The van der Waals surface area contributed by atoms with Crippen LogP contribution in [-0.4, -0.2) is 54.8 Å². The van der Waals surface area contributed by atoms with Crippen molar-refractivity contribution in [2.45, 2.75) is 45.1 Å². The van der Waals surface area contributed by atoms with Gasteiger partial charge in [0.2, 0.25) is 5.91 Å². The summed E-state index contributed by atoms with van der Waals surface area (Å²) in [5, 5.41) is 0. The fraction of sp³-hybridized carbons (Fsp3) is 0.550. The molecule has 1 aliphatic heterocycles. The van der Waals surface area contributed by atoms with Crippen molar-refractivity contribution < 1.29 is 19.1 Å². The third kappa shape index (κ3) is 4.30. The Morgan fingerprint density at radius 2 is 1.77 bits per heavy atom. The Morgan fingerprint density at radius 1 is 1.15 bits per heavy atom. The molecule has 0 unspecified atom stereocenters. The van der Waals surface area contributed by atoms with Crippen LogP contribution in [-0.2, 0) is 19.1 Å². The van der Waals surface area contributed by atoms with Crippen molar-refractivity contribution in [3.05, 3.63) is 30.3 Å². The van der Waals surface area contributed by atoms with E-state index < -0.39 is 5.54 Å². The van der Waals surface area contributed by atoms with Gasteiger partial charge in [-0.15, -0.1) is 0 Å². The van der Waals surface area contributed by atoms with Crippen LogP contribution < -0.4 is 4.90 Å². The van der Waals surface area contributed by atoms with Crippen molar-refractivity contribution in [3.8, 4) is 0 Å². The average Bonchev–Trinajstić information content (AvgIpc) is 2.67. The van der Waals surface area contributed by atoms with Crippen LogP contribution in [0, 0.1) is 0 Å². The SMILES string of the molecule is CCC(=O)N(c1ccccc1)C1(C(=O)OC)CCN(CCC(C)=O)CC1. The molecule has 1 aliphatic rings. The van der Waals surface area contributed by atoms with E-state index in [1.54, 1.807) is 18.7 Å². The Morgan fingerprint density at radius 3 is 2.27 bits per heavy atom. The number of nitrogens with zero attached hydrogens (tertiary/aromatic N) is 2. The molecule has 6 nitrogen and oxygen atoms in total. The van der Waals surface area contributed by atoms with Gasteiger partial charge in [-0.05, 0) is 31.9 Å². The van der Waals surface area contributed by atoms with Crippen molar-refractivity contribution in [1.29, 1.82) is 0 Å². The number of amides is 1. The maximum absolute atomic E-state index is 12.8. The lowest BCUT2D eigenvalue weighted by atomic mass is 9.84. The first-order valence-electron chi connectivity index (χ1n) is 9.13. The number of anilines is 1. The molecule has 1 aromatic rings. The van der Waals surface area contributed by atoms with Gasteiger partial charge in [0, 0.05) is 38.2 Å². The smallest absolute Gasteiger partial charge is 0.332 e. The molecule has 0 radical (unpaired) electrons. The van der Waals surface area contributed by atoms with E-state index in [0.29, 0.717) is 51.0 Å². The molecule has 1 amide bonds. The fourth-order valence-corrected chi connectivity index (χ4v) is 3.54. The highest BCUT2D eigenvalue weighted by Gasteiger charge is 2.49. The number of Topliss-reactive ketones (excluding diaryl/α,β-unsaturated/α-hetero) is 1. The second kappa shape index (κ2) is 8.94. The van der Waals surface area contributed by atoms with E-state index in [4.69, 9.17) is 4.74 Å². The number of rotatable bonds is 7. The molecule has 2 rings (SSSR count). The van der Waals surface area contributed by atoms with E-state index in [0.717, 1.165) is 0 Å². The van der Waals surface area contributed by atoms with Crippen LogP contribution in [0.15, 0.2) is 30.3 Å². The molecule has 0 aliphatic carbocycles. The van der Waals surface area contributed by atoms with Gasteiger partial charge in [-0.2, -0.15) is 0 Å². The second-order valence-corrected chi connectivity index (χ2v) is 6.74. The molecule has 0 atom stereocenters. The number of para-hydroxylation sites is 1. The van der Waals surface area contributed by atoms with E-state index in [2.05, 4.69) is 4.90 Å². The van der Waals surface area contributed by atoms with Crippen LogP contribution in [0.25, 0.3) is 0 Å². The minimum Gasteiger partial charge on any atom is -0.467 e. The van der Waals surface area contributed by atoms with Gasteiger partial charge in [0.1, 0.15) is 11.3 Å². The molecule has 1 heterocycles. The zero-order valence-electron chi connectivity index (χ0n) is 15.9. The third-order valence-electron chi connectivity index (χ3n) is 5.02. The zero-order valence-corrected chi connectivity index (χ0v) is 15.9. The average molecular weight is 360 g/mol. The fourth-order valence-electron chi connectivity index (χ4n) is 3.54. The van der Waals surface area contributed by atoms with E-state index in [9.17, 15) is 14.4 Å². The number of ketones is 1. The van der Waals surface area contributed by atoms with Gasteiger partial charge >= 0.3 is 5.97 Å². The third-order valence-corrected chi connectivity index (χ3v) is 5.02. The highest BCUT2D eigenvalue weighted by atomic mass is 16.5. The van der Waals surface area contributed by atoms with Gasteiger partial charge in [-0.25, -0.2) is 4.79 Å². The maximum atomic E-state index is 12.8. The number of carbonyl (C=O) groups is 3. The van der Waals surface area contributed by atoms with Gasteiger partial charge in [-0.1, -0.05) is 25.1 Å².